The molecule has 7 nitrogen and oxygen atoms in total. The van der Waals surface area contributed by atoms with Crippen LogP contribution in [0.3, 0.4) is 0 Å². The number of benzene rings is 2. The van der Waals surface area contributed by atoms with Crippen LogP contribution in [0.5, 0.6) is 6.01 Å². The van der Waals surface area contributed by atoms with Crippen molar-refractivity contribution < 1.29 is 29.4 Å². The van der Waals surface area contributed by atoms with Gasteiger partial charge >= 0.3 is 6.01 Å². The van der Waals surface area contributed by atoms with Crippen LogP contribution in [0.1, 0.15) is 40.4 Å². The molecule has 232 valence electrons. The largest absolute Gasteiger partial charge is 0.461 e. The lowest BCUT2D eigenvalue weighted by atomic mass is 9.95. The van der Waals surface area contributed by atoms with Gasteiger partial charge in [0, 0.05) is 48.3 Å². The van der Waals surface area contributed by atoms with E-state index in [-0.39, 0.29) is 63.3 Å². The Labute approximate surface area is 258 Å². The molecule has 2 aromatic heterocycles. The molecule has 4 fully saturated rings. The minimum absolute atomic E-state index is 0.00740. The lowest BCUT2D eigenvalue weighted by molar-refractivity contribution is 0.107. The quantitative estimate of drug-likeness (QED) is 0.173. The Morgan fingerprint density at radius 2 is 1.98 bits per heavy atom. The molecule has 2 N–H and O–H groups in total. The summed E-state index contributed by atoms with van der Waals surface area (Å²) in [4.78, 5) is 16.6. The van der Waals surface area contributed by atoms with Crippen LogP contribution < -0.4 is 15.4 Å². The van der Waals surface area contributed by atoms with Gasteiger partial charge in [0.15, 0.2) is 17.5 Å². The number of hydrogen-bond donors (Lipinski definition) is 1. The maximum Gasteiger partial charge on any atom is 0.319 e. The summed E-state index contributed by atoms with van der Waals surface area (Å²) in [7, 11) is 0. The molecule has 0 amide bonds. The van der Waals surface area contributed by atoms with Crippen LogP contribution in [0, 0.1) is 35.7 Å². The predicted molar refractivity (Wildman–Crippen MR) is 160 cm³/mol. The Hall–Kier alpha value is -4.24. The molecule has 0 spiro atoms. The van der Waals surface area contributed by atoms with Gasteiger partial charge in [-0.2, -0.15) is 9.97 Å². The fourth-order valence-electron chi connectivity index (χ4n) is 7.65. The summed E-state index contributed by atoms with van der Waals surface area (Å²) in [6.45, 7) is -1.49. The SMILES string of the molecule is [2H]C([2H])(Oc1nc(N2CCC[C@H]3[C@H](F)[C@H]32)c2cnc(-c3cc(N)cc4cc(F)c(F)c(C#C)c34)c(F)c2n1)[C@@]12CCCN1C[C@H](F)C2. The van der Waals surface area contributed by atoms with E-state index in [1.165, 1.54) is 18.3 Å². The van der Waals surface area contributed by atoms with E-state index in [2.05, 4.69) is 20.9 Å². The van der Waals surface area contributed by atoms with Crippen molar-refractivity contribution in [1.29, 1.82) is 0 Å². The molecule has 4 aromatic rings. The number of nitrogen functional groups attached to an aromatic ring is 1. The second kappa shape index (κ2) is 10.1. The van der Waals surface area contributed by atoms with Gasteiger partial charge in [-0.05, 0) is 55.8 Å². The molecule has 5 atom stereocenters. The van der Waals surface area contributed by atoms with Crippen LogP contribution in [0.25, 0.3) is 32.9 Å². The number of anilines is 2. The minimum Gasteiger partial charge on any atom is -0.461 e. The third-order valence-electron chi connectivity index (χ3n) is 9.73. The number of rotatable bonds is 5. The van der Waals surface area contributed by atoms with Gasteiger partial charge in [-0.3, -0.25) is 9.88 Å². The van der Waals surface area contributed by atoms with Gasteiger partial charge in [-0.25, -0.2) is 22.0 Å². The lowest BCUT2D eigenvalue weighted by Gasteiger charge is -2.31. The molecule has 45 heavy (non-hydrogen) atoms. The first-order valence-electron chi connectivity index (χ1n) is 16.0. The molecule has 0 unspecified atom stereocenters. The maximum atomic E-state index is 16.8. The van der Waals surface area contributed by atoms with E-state index in [9.17, 15) is 17.6 Å². The average molecular weight is 623 g/mol. The van der Waals surface area contributed by atoms with E-state index in [1.54, 1.807) is 9.80 Å². The van der Waals surface area contributed by atoms with Crippen molar-refractivity contribution in [2.45, 2.75) is 56.0 Å². The number of terminal acetylenes is 1. The second-order valence-corrected chi connectivity index (χ2v) is 12.4. The summed E-state index contributed by atoms with van der Waals surface area (Å²) in [5.74, 6) is -1.45. The highest BCUT2D eigenvalue weighted by atomic mass is 19.2. The van der Waals surface area contributed by atoms with Crippen LogP contribution in [-0.4, -0.2) is 70.0 Å². The number of halogens is 5. The van der Waals surface area contributed by atoms with Gasteiger partial charge in [0.1, 0.15) is 35.9 Å². The zero-order valence-electron chi connectivity index (χ0n) is 26.0. The highest BCUT2D eigenvalue weighted by Crippen LogP contribution is 2.49. The number of fused-ring (bicyclic) bond motifs is 4. The van der Waals surface area contributed by atoms with Gasteiger partial charge in [0.05, 0.1) is 25.3 Å². The van der Waals surface area contributed by atoms with Crippen LogP contribution >= 0.6 is 0 Å². The van der Waals surface area contributed by atoms with Gasteiger partial charge in [-0.1, -0.05) is 5.92 Å². The third kappa shape index (κ3) is 4.30. The van der Waals surface area contributed by atoms with E-state index in [0.29, 0.717) is 38.8 Å². The highest BCUT2D eigenvalue weighted by Gasteiger charge is 2.57. The summed E-state index contributed by atoms with van der Waals surface area (Å²) in [5, 5.41) is 0.249. The zero-order chi connectivity index (χ0) is 33.0. The molecule has 0 bridgehead atoms. The molecule has 8 rings (SSSR count). The van der Waals surface area contributed by atoms with Crippen molar-refractivity contribution in [2.24, 2.45) is 5.92 Å². The first kappa shape index (κ1) is 26.0. The molecule has 2 aromatic carbocycles. The highest BCUT2D eigenvalue weighted by molar-refractivity contribution is 6.04. The topological polar surface area (TPSA) is 80.4 Å². The average Bonchev–Trinajstić information content (AvgIpc) is 3.32. The Morgan fingerprint density at radius 1 is 1.13 bits per heavy atom. The fourth-order valence-corrected chi connectivity index (χ4v) is 7.65. The Balaban J connectivity index is 1.33. The molecular weight excluding hydrogens is 591 g/mol. The van der Waals surface area contributed by atoms with Crippen LogP contribution in [0.4, 0.5) is 33.5 Å². The zero-order valence-corrected chi connectivity index (χ0v) is 24.0. The molecule has 0 radical (unpaired) electrons. The summed E-state index contributed by atoms with van der Waals surface area (Å²) in [6, 6.07) is 2.61. The van der Waals surface area contributed by atoms with Gasteiger partial charge in [0.25, 0.3) is 0 Å². The Kier molecular flexibility index (Phi) is 5.86. The molecule has 3 saturated heterocycles. The molecule has 1 aliphatic carbocycles. The lowest BCUT2D eigenvalue weighted by Crippen LogP contribution is -2.43. The molecule has 12 heteroatoms. The number of pyridine rings is 1. The monoisotopic (exact) mass is 622 g/mol. The number of ether oxygens (including phenoxy) is 1. The minimum atomic E-state index is -2.47. The molecule has 3 aliphatic heterocycles. The van der Waals surface area contributed by atoms with E-state index in [0.717, 1.165) is 6.07 Å². The molecular formula is C33H29F5N6O. The van der Waals surface area contributed by atoms with Gasteiger partial charge in [-0.15, -0.1) is 6.42 Å². The Bertz CT molecular complexity index is 2030. The summed E-state index contributed by atoms with van der Waals surface area (Å²) >= 11 is 0. The summed E-state index contributed by atoms with van der Waals surface area (Å²) < 4.78 is 99.4. The fraction of sp³-hybridized carbons (Fsp3) is 0.424. The number of piperidine rings is 1. The second-order valence-electron chi connectivity index (χ2n) is 12.4. The third-order valence-corrected chi connectivity index (χ3v) is 9.73. The smallest absolute Gasteiger partial charge is 0.319 e. The van der Waals surface area contributed by atoms with Crippen molar-refractivity contribution >= 4 is 33.2 Å². The Morgan fingerprint density at radius 3 is 2.80 bits per heavy atom. The molecule has 1 saturated carbocycles. The first-order valence-corrected chi connectivity index (χ1v) is 15.0. The first-order chi connectivity index (χ1) is 22.4. The predicted octanol–water partition coefficient (Wildman–Crippen LogP) is 5.72. The van der Waals surface area contributed by atoms with Crippen molar-refractivity contribution in [2.75, 3.05) is 36.8 Å². The van der Waals surface area contributed by atoms with Crippen LogP contribution in [0.15, 0.2) is 24.4 Å². The summed E-state index contributed by atoms with van der Waals surface area (Å²) in [6.07, 6.45) is 6.76. The van der Waals surface area contributed by atoms with E-state index in [4.69, 9.17) is 19.6 Å². The number of nitrogens with zero attached hydrogens (tertiary/aromatic N) is 5. The maximum absolute atomic E-state index is 16.8. The normalized spacial score (nSPS) is 28.5. The number of aromatic nitrogens is 3. The van der Waals surface area contributed by atoms with Crippen molar-refractivity contribution in [3.05, 3.63) is 47.4 Å². The summed E-state index contributed by atoms with van der Waals surface area (Å²) in [5.41, 5.74) is 3.81. The standard InChI is InChI=1S/C33H29F5N6O/c1-2-19-24-16(10-23(35)25(19)36)9-18(39)11-21(24)28-27(38)29-22(13-40-28)31(44-8-3-5-20-26(37)30(20)44)42-32(41-29)45-15-33-6-4-7-43(33)14-17(34)12-33/h1,9-11,13,17,20,26,30H,3-8,12,14-15,39H2/t17-,20+,26+,30+,33+/m1/s1/i15D2. The van der Waals surface area contributed by atoms with Crippen LogP contribution in [0.2, 0.25) is 0 Å². The van der Waals surface area contributed by atoms with E-state index >= 15 is 4.39 Å². The molecule has 4 aliphatic rings. The van der Waals surface area contributed by atoms with Gasteiger partial charge in [0.2, 0.25) is 0 Å². The van der Waals surface area contributed by atoms with Crippen LogP contribution in [-0.2, 0) is 0 Å². The van der Waals surface area contributed by atoms with E-state index < -0.39 is 59.5 Å². The number of hydrogen-bond acceptors (Lipinski definition) is 7. The van der Waals surface area contributed by atoms with E-state index in [1.807, 2.05) is 0 Å². The number of nitrogens with two attached hydrogens (primary N) is 1. The van der Waals surface area contributed by atoms with Crippen molar-refractivity contribution in [3.63, 3.8) is 0 Å². The van der Waals surface area contributed by atoms with Crippen molar-refractivity contribution in [1.82, 2.24) is 19.9 Å². The van der Waals surface area contributed by atoms with Gasteiger partial charge < -0.3 is 15.4 Å². The van der Waals surface area contributed by atoms with Crippen molar-refractivity contribution in [3.8, 4) is 29.6 Å². The molecule has 5 heterocycles. The number of alkyl halides is 2.